The van der Waals surface area contributed by atoms with Crippen LogP contribution in [0.4, 0.5) is 0 Å². The highest BCUT2D eigenvalue weighted by molar-refractivity contribution is 7.91. The minimum Gasteiger partial charge on any atom is -0.464 e. The maximum absolute atomic E-state index is 12.7. The van der Waals surface area contributed by atoms with Crippen molar-refractivity contribution in [2.45, 2.75) is 43.5 Å². The Morgan fingerprint density at radius 2 is 2.08 bits per heavy atom. The van der Waals surface area contributed by atoms with E-state index < -0.39 is 10.0 Å². The fourth-order valence-corrected chi connectivity index (χ4v) is 5.30. The molecule has 0 unspecified atom stereocenters. The van der Waals surface area contributed by atoms with E-state index in [4.69, 9.17) is 4.42 Å². The standard InChI is InChI=1S/C17H22N2O4S2/c1-11-8-15(11)16-6-4-13(23-16)10-19(3)25(21,22)17-7-5-14(24-17)9-18-12(2)20/h4-7,11,15H,8-10H2,1-3H3,(H,18,20)/t11-,15+/m0/s1. The number of amides is 1. The summed E-state index contributed by atoms with van der Waals surface area (Å²) in [5.74, 6) is 2.57. The number of sulfonamides is 1. The highest BCUT2D eigenvalue weighted by Crippen LogP contribution is 2.47. The highest BCUT2D eigenvalue weighted by Gasteiger charge is 2.36. The number of carbonyl (C=O) groups is 1. The van der Waals surface area contributed by atoms with Gasteiger partial charge in [-0.2, -0.15) is 4.31 Å². The Hall–Kier alpha value is -1.64. The molecule has 136 valence electrons. The summed E-state index contributed by atoms with van der Waals surface area (Å²) in [6.07, 6.45) is 1.13. The molecule has 3 rings (SSSR count). The van der Waals surface area contributed by atoms with Crippen molar-refractivity contribution in [3.63, 3.8) is 0 Å². The third-order valence-corrected chi connectivity index (χ3v) is 7.71. The van der Waals surface area contributed by atoms with Crippen molar-refractivity contribution in [1.82, 2.24) is 9.62 Å². The zero-order valence-electron chi connectivity index (χ0n) is 14.5. The van der Waals surface area contributed by atoms with Crippen molar-refractivity contribution >= 4 is 27.3 Å². The molecule has 2 atom stereocenters. The second-order valence-electron chi connectivity index (χ2n) is 6.52. The van der Waals surface area contributed by atoms with Crippen LogP contribution in [0, 0.1) is 5.92 Å². The van der Waals surface area contributed by atoms with Gasteiger partial charge in [0.1, 0.15) is 15.7 Å². The average molecular weight is 383 g/mol. The van der Waals surface area contributed by atoms with Gasteiger partial charge in [-0.1, -0.05) is 6.92 Å². The van der Waals surface area contributed by atoms with E-state index in [0.717, 1.165) is 17.1 Å². The number of hydrogen-bond donors (Lipinski definition) is 1. The lowest BCUT2D eigenvalue weighted by Gasteiger charge is -2.14. The normalized spacial score (nSPS) is 20.0. The summed E-state index contributed by atoms with van der Waals surface area (Å²) in [7, 11) is -2.04. The van der Waals surface area contributed by atoms with Gasteiger partial charge in [-0.15, -0.1) is 11.3 Å². The van der Waals surface area contributed by atoms with Crippen molar-refractivity contribution in [1.29, 1.82) is 0 Å². The summed E-state index contributed by atoms with van der Waals surface area (Å²) >= 11 is 1.17. The molecule has 1 saturated carbocycles. The van der Waals surface area contributed by atoms with Crippen LogP contribution in [0.25, 0.3) is 0 Å². The van der Waals surface area contributed by atoms with E-state index in [9.17, 15) is 13.2 Å². The van der Waals surface area contributed by atoms with E-state index in [1.165, 1.54) is 22.6 Å². The second-order valence-corrected chi connectivity index (χ2v) is 9.96. The predicted octanol–water partition coefficient (Wildman–Crippen LogP) is 2.92. The highest BCUT2D eigenvalue weighted by atomic mass is 32.2. The lowest BCUT2D eigenvalue weighted by atomic mass is 10.3. The first-order valence-electron chi connectivity index (χ1n) is 8.15. The van der Waals surface area contributed by atoms with Crippen LogP contribution in [0.3, 0.4) is 0 Å². The molecule has 1 fully saturated rings. The monoisotopic (exact) mass is 382 g/mol. The smallest absolute Gasteiger partial charge is 0.252 e. The largest absolute Gasteiger partial charge is 0.464 e. The minimum atomic E-state index is -3.58. The fraction of sp³-hybridized carbons (Fsp3) is 0.471. The molecule has 0 saturated heterocycles. The van der Waals surface area contributed by atoms with Gasteiger partial charge in [0.25, 0.3) is 10.0 Å². The lowest BCUT2D eigenvalue weighted by molar-refractivity contribution is -0.119. The van der Waals surface area contributed by atoms with Crippen LogP contribution in [-0.2, 0) is 27.9 Å². The molecule has 1 aliphatic rings. The van der Waals surface area contributed by atoms with Gasteiger partial charge in [-0.05, 0) is 36.6 Å². The minimum absolute atomic E-state index is 0.145. The van der Waals surface area contributed by atoms with Gasteiger partial charge in [0, 0.05) is 24.8 Å². The number of nitrogens with one attached hydrogen (secondary N) is 1. The SMILES string of the molecule is CC(=O)NCc1ccc(S(=O)(=O)N(C)Cc2ccc([C@@H]3C[C@@H]3C)o2)s1. The van der Waals surface area contributed by atoms with Gasteiger partial charge in [-0.3, -0.25) is 4.79 Å². The Morgan fingerprint density at radius 1 is 1.36 bits per heavy atom. The topological polar surface area (TPSA) is 79.6 Å². The Labute approximate surface area is 151 Å². The van der Waals surface area contributed by atoms with Gasteiger partial charge in [0.15, 0.2) is 0 Å². The number of carbonyl (C=O) groups excluding carboxylic acids is 1. The molecule has 0 bridgehead atoms. The molecule has 2 heterocycles. The first kappa shape index (κ1) is 18.2. The summed E-state index contributed by atoms with van der Waals surface area (Å²) in [4.78, 5) is 11.8. The fourth-order valence-electron chi connectivity index (χ4n) is 2.66. The van der Waals surface area contributed by atoms with E-state index in [0.29, 0.717) is 24.1 Å². The van der Waals surface area contributed by atoms with Gasteiger partial charge < -0.3 is 9.73 Å². The summed E-state index contributed by atoms with van der Waals surface area (Å²) < 4.78 is 32.8. The molecule has 1 aliphatic carbocycles. The molecule has 0 aromatic carbocycles. The van der Waals surface area contributed by atoms with Crippen molar-refractivity contribution in [2.24, 2.45) is 5.92 Å². The summed E-state index contributed by atoms with van der Waals surface area (Å²) in [6, 6.07) is 7.09. The van der Waals surface area contributed by atoms with Crippen LogP contribution < -0.4 is 5.32 Å². The molecule has 0 spiro atoms. The van der Waals surface area contributed by atoms with Gasteiger partial charge in [0.05, 0.1) is 13.1 Å². The molecule has 25 heavy (non-hydrogen) atoms. The summed E-state index contributed by atoms with van der Waals surface area (Å²) in [5.41, 5.74) is 0. The van der Waals surface area contributed by atoms with E-state index in [1.807, 2.05) is 12.1 Å². The molecule has 0 aliphatic heterocycles. The Balaban J connectivity index is 1.66. The van der Waals surface area contributed by atoms with Gasteiger partial charge >= 0.3 is 0 Å². The van der Waals surface area contributed by atoms with Crippen molar-refractivity contribution in [3.05, 3.63) is 40.7 Å². The van der Waals surface area contributed by atoms with Crippen LogP contribution >= 0.6 is 11.3 Å². The molecular weight excluding hydrogens is 360 g/mol. The Morgan fingerprint density at radius 3 is 2.72 bits per heavy atom. The average Bonchev–Trinajstić information content (AvgIpc) is 2.95. The third-order valence-electron chi connectivity index (χ3n) is 4.35. The number of hydrogen-bond acceptors (Lipinski definition) is 5. The maximum Gasteiger partial charge on any atom is 0.252 e. The Kier molecular flexibility index (Phi) is 5.04. The van der Waals surface area contributed by atoms with E-state index in [2.05, 4.69) is 12.2 Å². The second kappa shape index (κ2) is 6.93. The molecule has 1 amide bonds. The molecule has 2 aromatic rings. The molecule has 2 aromatic heterocycles. The van der Waals surface area contributed by atoms with E-state index in [-0.39, 0.29) is 16.7 Å². The van der Waals surface area contributed by atoms with Crippen LogP contribution in [0.2, 0.25) is 0 Å². The zero-order chi connectivity index (χ0) is 18.2. The predicted molar refractivity (Wildman–Crippen MR) is 95.7 cm³/mol. The molecule has 8 heteroatoms. The first-order valence-corrected chi connectivity index (χ1v) is 10.4. The number of furan rings is 1. The van der Waals surface area contributed by atoms with E-state index >= 15 is 0 Å². The first-order chi connectivity index (χ1) is 11.8. The molecule has 0 radical (unpaired) electrons. The zero-order valence-corrected chi connectivity index (χ0v) is 16.1. The van der Waals surface area contributed by atoms with Crippen molar-refractivity contribution in [2.75, 3.05) is 7.05 Å². The molecular formula is C17H22N2O4S2. The number of nitrogens with zero attached hydrogens (tertiary/aromatic N) is 1. The van der Waals surface area contributed by atoms with Crippen LogP contribution in [-0.4, -0.2) is 25.7 Å². The summed E-state index contributed by atoms with van der Waals surface area (Å²) in [5, 5.41) is 2.67. The number of thiophene rings is 1. The summed E-state index contributed by atoms with van der Waals surface area (Å²) in [6.45, 7) is 4.14. The maximum atomic E-state index is 12.7. The van der Waals surface area contributed by atoms with Gasteiger partial charge in [-0.25, -0.2) is 8.42 Å². The third kappa shape index (κ3) is 4.13. The van der Waals surface area contributed by atoms with Crippen LogP contribution in [0.5, 0.6) is 0 Å². The number of rotatable bonds is 7. The lowest BCUT2D eigenvalue weighted by Crippen LogP contribution is -2.25. The molecule has 6 nitrogen and oxygen atoms in total. The van der Waals surface area contributed by atoms with E-state index in [1.54, 1.807) is 19.2 Å². The quantitative estimate of drug-likeness (QED) is 0.798. The Bertz CT molecular complexity index is 869. The molecule has 1 N–H and O–H groups in total. The van der Waals surface area contributed by atoms with Crippen molar-refractivity contribution in [3.8, 4) is 0 Å². The van der Waals surface area contributed by atoms with Crippen LogP contribution in [0.15, 0.2) is 32.9 Å². The van der Waals surface area contributed by atoms with Crippen molar-refractivity contribution < 1.29 is 17.6 Å². The van der Waals surface area contributed by atoms with Crippen LogP contribution in [0.1, 0.15) is 42.6 Å². The van der Waals surface area contributed by atoms with Gasteiger partial charge in [0.2, 0.25) is 5.91 Å².